The first kappa shape index (κ1) is 42.2. The minimum absolute atomic E-state index is 0.143. The van der Waals surface area contributed by atoms with Crippen LogP contribution in [0.3, 0.4) is 0 Å². The molecule has 0 unspecified atom stereocenters. The summed E-state index contributed by atoms with van der Waals surface area (Å²) in [6.45, 7) is 12.3. The third kappa shape index (κ3) is 9.95. The molecule has 5 aromatic rings. The molecule has 0 spiro atoms. The van der Waals surface area contributed by atoms with E-state index in [1.807, 2.05) is 61.5 Å². The van der Waals surface area contributed by atoms with Crippen molar-refractivity contribution >= 4 is 35.1 Å². The maximum Gasteiger partial charge on any atom is 0.326 e. The second-order valence-electron chi connectivity index (χ2n) is 16.4. The number of carbonyl (C=O) groups excluding carboxylic acids is 1. The molecule has 4 aromatic carbocycles. The van der Waals surface area contributed by atoms with Crippen LogP contribution in [0.5, 0.6) is 11.5 Å². The highest BCUT2D eigenvalue weighted by molar-refractivity contribution is 6.42. The summed E-state index contributed by atoms with van der Waals surface area (Å²) in [5.41, 5.74) is 10.7. The van der Waals surface area contributed by atoms with Crippen LogP contribution in [0, 0.1) is 19.8 Å². The molecule has 0 bridgehead atoms. The van der Waals surface area contributed by atoms with Crippen LogP contribution in [0.4, 0.5) is 0 Å². The number of carbonyl (C=O) groups is 2. The van der Waals surface area contributed by atoms with Gasteiger partial charge in [-0.1, -0.05) is 92.5 Å². The van der Waals surface area contributed by atoms with E-state index in [0.29, 0.717) is 42.1 Å². The molecule has 2 N–H and O–H groups in total. The molecule has 0 aliphatic carbocycles. The van der Waals surface area contributed by atoms with Crippen LogP contribution < -0.4 is 14.8 Å². The van der Waals surface area contributed by atoms with Crippen molar-refractivity contribution in [2.75, 3.05) is 13.2 Å². The van der Waals surface area contributed by atoms with Gasteiger partial charge in [0.15, 0.2) is 0 Å². The van der Waals surface area contributed by atoms with Crippen molar-refractivity contribution in [2.24, 2.45) is 5.92 Å². The molecule has 2 aliphatic heterocycles. The topological polar surface area (TPSA) is 101 Å². The second kappa shape index (κ2) is 18.6. The highest BCUT2D eigenvalue weighted by Crippen LogP contribution is 2.38. The van der Waals surface area contributed by atoms with E-state index in [0.717, 1.165) is 75.4 Å². The maximum absolute atomic E-state index is 14.1. The Morgan fingerprint density at radius 1 is 0.932 bits per heavy atom. The molecule has 1 amide bonds. The molecular formula is C49H53Cl2N3O5. The molecule has 59 heavy (non-hydrogen) atoms. The second-order valence-corrected chi connectivity index (χ2v) is 17.3. The number of carboxylic acids is 1. The van der Waals surface area contributed by atoms with E-state index < -0.39 is 18.1 Å². The van der Waals surface area contributed by atoms with Gasteiger partial charge in [0.2, 0.25) is 5.91 Å². The minimum Gasteiger partial charge on any atom is -0.493 e. The van der Waals surface area contributed by atoms with Crippen LogP contribution in [0.2, 0.25) is 10.0 Å². The van der Waals surface area contributed by atoms with Crippen molar-refractivity contribution in [2.45, 2.75) is 97.4 Å². The highest BCUT2D eigenvalue weighted by atomic mass is 35.5. The number of aliphatic carboxylic acids is 1. The number of benzene rings is 4. The molecule has 1 aromatic heterocycles. The first-order valence-corrected chi connectivity index (χ1v) is 21.4. The molecule has 8 nitrogen and oxygen atoms in total. The number of aryl methyl sites for hydroxylation is 1. The van der Waals surface area contributed by atoms with E-state index in [1.165, 1.54) is 11.1 Å². The number of pyridine rings is 1. The quantitative estimate of drug-likeness (QED) is 0.122. The summed E-state index contributed by atoms with van der Waals surface area (Å²) < 4.78 is 12.8. The minimum atomic E-state index is -1.07. The molecule has 10 heteroatoms. The lowest BCUT2D eigenvalue weighted by Gasteiger charge is -2.38. The maximum atomic E-state index is 14.1. The molecule has 3 heterocycles. The van der Waals surface area contributed by atoms with Gasteiger partial charge in [0.05, 0.1) is 22.7 Å². The van der Waals surface area contributed by atoms with Crippen molar-refractivity contribution in [3.8, 4) is 22.6 Å². The van der Waals surface area contributed by atoms with Crippen molar-refractivity contribution in [3.05, 3.63) is 146 Å². The van der Waals surface area contributed by atoms with Gasteiger partial charge in [0.1, 0.15) is 23.6 Å². The fraction of sp³-hybridized carbons (Fsp3) is 0.367. The first-order valence-electron chi connectivity index (χ1n) is 20.6. The van der Waals surface area contributed by atoms with E-state index in [1.54, 1.807) is 12.3 Å². The number of hydrogen-bond acceptors (Lipinski definition) is 6. The van der Waals surface area contributed by atoms with Crippen molar-refractivity contribution < 1.29 is 24.2 Å². The summed E-state index contributed by atoms with van der Waals surface area (Å²) in [6, 6.07) is 26.7. The molecule has 308 valence electrons. The van der Waals surface area contributed by atoms with Crippen molar-refractivity contribution in [1.82, 2.24) is 15.2 Å². The largest absolute Gasteiger partial charge is 0.493 e. The molecule has 7 rings (SSSR count). The number of nitrogens with one attached hydrogen (secondary N) is 1. The number of carboxylic acid groups (broad SMARTS) is 1. The summed E-state index contributed by atoms with van der Waals surface area (Å²) in [4.78, 5) is 33.2. The SMILES string of the molecule is CC[C@@H](Oc1ccc([C@@H]2CCOc3cc4c(cc3C2)CN(CC(C)C)[C@H](C(=O)N[C@@H](Cc2ccc(-c3ccnc(C)c3C)cc2)C(=O)O)C4)cc1)c1ccc(Cl)c(Cl)c1. The summed E-state index contributed by atoms with van der Waals surface area (Å²) >= 11 is 12.4. The Bertz CT molecular complexity index is 2300. The number of halogens is 2. The Morgan fingerprint density at radius 2 is 1.69 bits per heavy atom. The summed E-state index contributed by atoms with van der Waals surface area (Å²) in [7, 11) is 0. The van der Waals surface area contributed by atoms with Gasteiger partial charge in [-0.25, -0.2) is 4.79 Å². The van der Waals surface area contributed by atoms with Gasteiger partial charge >= 0.3 is 5.97 Å². The molecule has 2 aliphatic rings. The van der Waals surface area contributed by atoms with E-state index in [9.17, 15) is 14.7 Å². The monoisotopic (exact) mass is 833 g/mol. The lowest BCUT2D eigenvalue weighted by atomic mass is 9.86. The first-order chi connectivity index (χ1) is 28.4. The van der Waals surface area contributed by atoms with Gasteiger partial charge < -0.3 is 19.9 Å². The molecule has 0 fully saturated rings. The summed E-state index contributed by atoms with van der Waals surface area (Å²) in [5, 5.41) is 14.2. The predicted octanol–water partition coefficient (Wildman–Crippen LogP) is 10.5. The van der Waals surface area contributed by atoms with Crippen LogP contribution >= 0.6 is 23.2 Å². The van der Waals surface area contributed by atoms with Crippen molar-refractivity contribution in [1.29, 1.82) is 0 Å². The lowest BCUT2D eigenvalue weighted by molar-refractivity contribution is -0.142. The summed E-state index contributed by atoms with van der Waals surface area (Å²) in [6.07, 6.45) is 4.80. The third-order valence-electron chi connectivity index (χ3n) is 11.8. The van der Waals surface area contributed by atoms with E-state index in [-0.39, 0.29) is 24.3 Å². The molecular weight excluding hydrogens is 781 g/mol. The zero-order chi connectivity index (χ0) is 41.8. The van der Waals surface area contributed by atoms with Gasteiger partial charge in [0, 0.05) is 31.4 Å². The molecule has 0 radical (unpaired) electrons. The van der Waals surface area contributed by atoms with Crippen LogP contribution in [0.15, 0.2) is 91.1 Å². The Hall–Kier alpha value is -4.89. The number of ether oxygens (including phenoxy) is 2. The average Bonchev–Trinajstić information content (AvgIpc) is 3.43. The van der Waals surface area contributed by atoms with E-state index in [4.69, 9.17) is 32.7 Å². The number of aromatic nitrogens is 1. The zero-order valence-corrected chi connectivity index (χ0v) is 35.9. The standard InChI is InChI=1S/C49H53Cl2N3O5/c1-6-46(36-13-16-42(50)43(51)24-36)59-40-14-11-33(12-15-40)35-18-20-58-47-26-37-25-45(54(27-29(2)3)28-39(37)23-38(47)22-35)48(55)53-44(49(56)57)21-32-7-9-34(10-8-32)41-17-19-52-31(5)30(41)4/h7-17,19,23-24,26,29,35,44-46H,6,18,20-22,25,27-28H2,1-5H3,(H,53,55)(H,56,57)/t35-,44+,45+,46-/m1/s1. The number of fused-ring (bicyclic) bond motifs is 2. The van der Waals surface area contributed by atoms with Gasteiger partial charge in [-0.3, -0.25) is 14.7 Å². The predicted molar refractivity (Wildman–Crippen MR) is 235 cm³/mol. The Kier molecular flexibility index (Phi) is 13.3. The third-order valence-corrected chi connectivity index (χ3v) is 12.5. The van der Waals surface area contributed by atoms with Gasteiger partial charge in [-0.15, -0.1) is 0 Å². The van der Waals surface area contributed by atoms with Crippen LogP contribution in [-0.2, 0) is 35.4 Å². The number of nitrogens with zero attached hydrogens (tertiary/aromatic N) is 2. The lowest BCUT2D eigenvalue weighted by Crippen LogP contribution is -2.55. The van der Waals surface area contributed by atoms with Crippen LogP contribution in [-0.4, -0.2) is 52.1 Å². The normalized spacial score (nSPS) is 17.6. The van der Waals surface area contributed by atoms with Gasteiger partial charge in [-0.2, -0.15) is 0 Å². The molecule has 0 saturated carbocycles. The fourth-order valence-electron chi connectivity index (χ4n) is 8.46. The zero-order valence-electron chi connectivity index (χ0n) is 34.4. The number of amides is 1. The van der Waals surface area contributed by atoms with Gasteiger partial charge in [0.25, 0.3) is 0 Å². The Balaban J connectivity index is 1.04. The Labute approximate surface area is 357 Å². The number of rotatable bonds is 13. The smallest absolute Gasteiger partial charge is 0.326 e. The van der Waals surface area contributed by atoms with Crippen LogP contribution in [0.25, 0.3) is 11.1 Å². The van der Waals surface area contributed by atoms with Crippen molar-refractivity contribution in [3.63, 3.8) is 0 Å². The molecule has 4 atom stereocenters. The van der Waals surface area contributed by atoms with Crippen LogP contribution in [0.1, 0.15) is 90.3 Å². The van der Waals surface area contributed by atoms with E-state index in [2.05, 4.69) is 67.2 Å². The molecule has 0 saturated heterocycles. The number of hydrogen-bond donors (Lipinski definition) is 2. The Morgan fingerprint density at radius 3 is 2.39 bits per heavy atom. The highest BCUT2D eigenvalue weighted by Gasteiger charge is 2.35. The van der Waals surface area contributed by atoms with Gasteiger partial charge in [-0.05, 0) is 138 Å². The summed E-state index contributed by atoms with van der Waals surface area (Å²) in [5.74, 6) is 0.907. The van der Waals surface area contributed by atoms with E-state index >= 15 is 0 Å². The average molecular weight is 835 g/mol. The fourth-order valence-corrected chi connectivity index (χ4v) is 8.76.